The van der Waals surface area contributed by atoms with E-state index in [2.05, 4.69) is 46.4 Å². The summed E-state index contributed by atoms with van der Waals surface area (Å²) in [4.78, 5) is 6.65. The van der Waals surface area contributed by atoms with Gasteiger partial charge in [-0.3, -0.25) is 9.88 Å². The van der Waals surface area contributed by atoms with Gasteiger partial charge in [0, 0.05) is 44.6 Å². The first-order valence-electron chi connectivity index (χ1n) is 8.96. The number of nitrogens with one attached hydrogen (secondary N) is 1. The summed E-state index contributed by atoms with van der Waals surface area (Å²) in [5.41, 5.74) is 2.55. The van der Waals surface area contributed by atoms with Gasteiger partial charge in [-0.1, -0.05) is 13.0 Å². The average Bonchev–Trinajstić information content (AvgIpc) is 2.67. The van der Waals surface area contributed by atoms with Crippen LogP contribution in [0, 0.1) is 0 Å². The highest BCUT2D eigenvalue weighted by molar-refractivity contribution is 5.85. The van der Waals surface area contributed by atoms with Gasteiger partial charge in [0.25, 0.3) is 0 Å². The van der Waals surface area contributed by atoms with E-state index in [1.165, 1.54) is 11.1 Å². The van der Waals surface area contributed by atoms with Gasteiger partial charge in [-0.05, 0) is 41.8 Å². The fraction of sp³-hybridized carbons (Fsp3) is 0.450. The van der Waals surface area contributed by atoms with E-state index >= 15 is 0 Å². The average molecular weight is 378 g/mol. The number of hydrogen-bond donors (Lipinski definition) is 1. The third kappa shape index (κ3) is 5.10. The predicted octanol–water partition coefficient (Wildman–Crippen LogP) is 3.45. The zero-order valence-electron chi connectivity index (χ0n) is 15.5. The van der Waals surface area contributed by atoms with Crippen LogP contribution in [0.15, 0.2) is 42.7 Å². The van der Waals surface area contributed by atoms with Crippen molar-refractivity contribution in [1.82, 2.24) is 15.2 Å². The van der Waals surface area contributed by atoms with E-state index in [1.54, 1.807) is 7.11 Å². The molecule has 6 heteroatoms. The number of hydrogen-bond acceptors (Lipinski definition) is 5. The minimum absolute atomic E-state index is 0. The van der Waals surface area contributed by atoms with Crippen molar-refractivity contribution in [2.45, 2.75) is 25.9 Å². The lowest BCUT2D eigenvalue weighted by atomic mass is 10.0. The summed E-state index contributed by atoms with van der Waals surface area (Å²) in [6.07, 6.45) is 4.72. The van der Waals surface area contributed by atoms with Crippen molar-refractivity contribution in [2.24, 2.45) is 0 Å². The van der Waals surface area contributed by atoms with Crippen LogP contribution in [0.2, 0.25) is 0 Å². The van der Waals surface area contributed by atoms with Crippen LogP contribution >= 0.6 is 12.4 Å². The second kappa shape index (κ2) is 10.4. The molecule has 3 rings (SSSR count). The van der Waals surface area contributed by atoms with Crippen LogP contribution in [-0.4, -0.2) is 43.2 Å². The monoisotopic (exact) mass is 377 g/mol. The number of nitrogens with zero attached hydrogens (tertiary/aromatic N) is 2. The molecule has 1 fully saturated rings. The van der Waals surface area contributed by atoms with Gasteiger partial charge in [0.15, 0.2) is 11.5 Å². The summed E-state index contributed by atoms with van der Waals surface area (Å²) in [5.74, 6) is 1.63. The third-order valence-corrected chi connectivity index (χ3v) is 4.52. The minimum Gasteiger partial charge on any atom is -0.493 e. The molecule has 1 aromatic carbocycles. The number of ether oxygens (including phenoxy) is 2. The first-order chi connectivity index (χ1) is 12.3. The fourth-order valence-electron chi connectivity index (χ4n) is 3.23. The molecule has 1 saturated heterocycles. The SMILES string of the molecule is CCCOc1cc(CN2CCNCC2c2ccncc2)ccc1OC.Cl. The Labute approximate surface area is 162 Å². The molecule has 1 unspecified atom stereocenters. The Morgan fingerprint density at radius 1 is 1.19 bits per heavy atom. The molecule has 0 bridgehead atoms. The number of methoxy groups -OCH3 is 1. The first kappa shape index (κ1) is 20.5. The Kier molecular flexibility index (Phi) is 8.16. The largest absolute Gasteiger partial charge is 0.493 e. The van der Waals surface area contributed by atoms with Crippen molar-refractivity contribution in [2.75, 3.05) is 33.4 Å². The van der Waals surface area contributed by atoms with Crippen LogP contribution in [0.5, 0.6) is 11.5 Å². The molecule has 1 aromatic heterocycles. The van der Waals surface area contributed by atoms with Crippen molar-refractivity contribution in [3.05, 3.63) is 53.9 Å². The highest BCUT2D eigenvalue weighted by Crippen LogP contribution is 2.30. The van der Waals surface area contributed by atoms with Gasteiger partial charge in [0.05, 0.1) is 13.7 Å². The Morgan fingerprint density at radius 2 is 2.00 bits per heavy atom. The lowest BCUT2D eigenvalue weighted by Crippen LogP contribution is -2.45. The molecule has 5 nitrogen and oxygen atoms in total. The third-order valence-electron chi connectivity index (χ3n) is 4.52. The number of aromatic nitrogens is 1. The second-order valence-electron chi connectivity index (χ2n) is 6.30. The molecule has 2 heterocycles. The van der Waals surface area contributed by atoms with Crippen LogP contribution < -0.4 is 14.8 Å². The number of rotatable bonds is 7. The van der Waals surface area contributed by atoms with Gasteiger partial charge in [-0.15, -0.1) is 12.4 Å². The zero-order chi connectivity index (χ0) is 17.5. The maximum absolute atomic E-state index is 5.85. The highest BCUT2D eigenvalue weighted by atomic mass is 35.5. The van der Waals surface area contributed by atoms with Crippen molar-refractivity contribution in [3.8, 4) is 11.5 Å². The molecule has 0 saturated carbocycles. The van der Waals surface area contributed by atoms with E-state index in [9.17, 15) is 0 Å². The molecule has 1 aliphatic rings. The van der Waals surface area contributed by atoms with Crippen molar-refractivity contribution in [1.29, 1.82) is 0 Å². The van der Waals surface area contributed by atoms with Crippen molar-refractivity contribution in [3.63, 3.8) is 0 Å². The first-order valence-corrected chi connectivity index (χ1v) is 8.96. The topological polar surface area (TPSA) is 46.6 Å². The molecule has 26 heavy (non-hydrogen) atoms. The maximum atomic E-state index is 5.85. The summed E-state index contributed by atoms with van der Waals surface area (Å²) in [7, 11) is 1.68. The number of pyridine rings is 1. The summed E-state index contributed by atoms with van der Waals surface area (Å²) in [6.45, 7) is 6.69. The summed E-state index contributed by atoms with van der Waals surface area (Å²) < 4.78 is 11.3. The Bertz CT molecular complexity index is 669. The Balaban J connectivity index is 0.00000243. The number of halogens is 1. The molecule has 1 atom stereocenters. The van der Waals surface area contributed by atoms with E-state index in [0.717, 1.165) is 44.1 Å². The molecule has 1 N–H and O–H groups in total. The van der Waals surface area contributed by atoms with Crippen LogP contribution in [-0.2, 0) is 6.54 Å². The molecule has 0 aliphatic carbocycles. The van der Waals surface area contributed by atoms with E-state index in [0.29, 0.717) is 12.6 Å². The number of benzene rings is 1. The van der Waals surface area contributed by atoms with Crippen LogP contribution in [0.25, 0.3) is 0 Å². The van der Waals surface area contributed by atoms with Gasteiger partial charge in [-0.25, -0.2) is 0 Å². The standard InChI is InChI=1S/C20H27N3O2.ClH/c1-3-12-25-20-13-16(4-5-19(20)24-2)15-23-11-10-22-14-18(23)17-6-8-21-9-7-17;/h4-9,13,18,22H,3,10-12,14-15H2,1-2H3;1H. The molecule has 0 radical (unpaired) electrons. The molecule has 0 spiro atoms. The molecule has 1 aliphatic heterocycles. The Hall–Kier alpha value is -1.82. The van der Waals surface area contributed by atoms with Crippen LogP contribution in [0.4, 0.5) is 0 Å². The lowest BCUT2D eigenvalue weighted by molar-refractivity contribution is 0.153. The quantitative estimate of drug-likeness (QED) is 0.800. The van der Waals surface area contributed by atoms with E-state index in [4.69, 9.17) is 9.47 Å². The van der Waals surface area contributed by atoms with E-state index in [-0.39, 0.29) is 12.4 Å². The normalized spacial score (nSPS) is 17.4. The molecule has 0 amide bonds. The lowest BCUT2D eigenvalue weighted by Gasteiger charge is -2.36. The van der Waals surface area contributed by atoms with Crippen LogP contribution in [0.3, 0.4) is 0 Å². The van der Waals surface area contributed by atoms with Gasteiger partial charge < -0.3 is 14.8 Å². The van der Waals surface area contributed by atoms with E-state index in [1.807, 2.05) is 18.5 Å². The number of piperazine rings is 1. The Morgan fingerprint density at radius 3 is 2.73 bits per heavy atom. The second-order valence-corrected chi connectivity index (χ2v) is 6.30. The summed E-state index contributed by atoms with van der Waals surface area (Å²) in [5, 5.41) is 3.50. The molecular weight excluding hydrogens is 350 g/mol. The predicted molar refractivity (Wildman–Crippen MR) is 106 cm³/mol. The highest BCUT2D eigenvalue weighted by Gasteiger charge is 2.24. The maximum Gasteiger partial charge on any atom is 0.161 e. The smallest absolute Gasteiger partial charge is 0.161 e. The van der Waals surface area contributed by atoms with Gasteiger partial charge in [-0.2, -0.15) is 0 Å². The van der Waals surface area contributed by atoms with Crippen molar-refractivity contribution >= 4 is 12.4 Å². The molecule has 2 aromatic rings. The molecule has 142 valence electrons. The summed E-state index contributed by atoms with van der Waals surface area (Å²) in [6, 6.07) is 10.8. The van der Waals surface area contributed by atoms with Gasteiger partial charge >= 0.3 is 0 Å². The van der Waals surface area contributed by atoms with Gasteiger partial charge in [0.1, 0.15) is 0 Å². The summed E-state index contributed by atoms with van der Waals surface area (Å²) >= 11 is 0. The van der Waals surface area contributed by atoms with Crippen LogP contribution in [0.1, 0.15) is 30.5 Å². The van der Waals surface area contributed by atoms with Gasteiger partial charge in [0.2, 0.25) is 0 Å². The fourth-order valence-corrected chi connectivity index (χ4v) is 3.23. The van der Waals surface area contributed by atoms with Crippen molar-refractivity contribution < 1.29 is 9.47 Å². The van der Waals surface area contributed by atoms with E-state index < -0.39 is 0 Å². The zero-order valence-corrected chi connectivity index (χ0v) is 16.3. The molecular formula is C20H28ClN3O2. The minimum atomic E-state index is 0.